The Morgan fingerprint density at radius 3 is 2.67 bits per heavy atom. The molecule has 0 bridgehead atoms. The van der Waals surface area contributed by atoms with Crippen molar-refractivity contribution in [1.29, 1.82) is 0 Å². The molecule has 98 valence electrons. The summed E-state index contributed by atoms with van der Waals surface area (Å²) in [6.45, 7) is 1.36. The third kappa shape index (κ3) is 3.56. The Labute approximate surface area is 108 Å². The first-order valence-electron chi connectivity index (χ1n) is 5.24. The van der Waals surface area contributed by atoms with Crippen molar-refractivity contribution in [1.82, 2.24) is 0 Å². The summed E-state index contributed by atoms with van der Waals surface area (Å²) in [6, 6.07) is 4.30. The molecule has 0 aliphatic heterocycles. The second-order valence-electron chi connectivity index (χ2n) is 3.72. The van der Waals surface area contributed by atoms with Gasteiger partial charge in [-0.3, -0.25) is 9.59 Å². The van der Waals surface area contributed by atoms with Crippen molar-refractivity contribution in [3.63, 3.8) is 0 Å². The number of aldehydes is 1. The summed E-state index contributed by atoms with van der Waals surface area (Å²) in [4.78, 5) is 21.4. The van der Waals surface area contributed by atoms with Crippen LogP contribution < -0.4 is 0 Å². The summed E-state index contributed by atoms with van der Waals surface area (Å²) >= 11 is 0.878. The zero-order valence-electron chi connectivity index (χ0n) is 9.74. The fraction of sp³-hybridized carbons (Fsp3) is 0.333. The van der Waals surface area contributed by atoms with E-state index < -0.39 is 12.2 Å². The Hall–Kier alpha value is -1.37. The molecular formula is C12H14O5S. The van der Waals surface area contributed by atoms with Gasteiger partial charge in [0.25, 0.3) is 0 Å². The molecule has 0 aliphatic carbocycles. The van der Waals surface area contributed by atoms with E-state index >= 15 is 0 Å². The van der Waals surface area contributed by atoms with Crippen LogP contribution in [0, 0.1) is 0 Å². The molecule has 1 rings (SSSR count). The number of aliphatic hydroxyl groups is 2. The molecule has 2 atom stereocenters. The number of carbonyl (C=O) groups is 2. The van der Waals surface area contributed by atoms with E-state index in [1.807, 2.05) is 0 Å². The van der Waals surface area contributed by atoms with Crippen LogP contribution >= 0.6 is 11.8 Å². The molecule has 0 aliphatic rings. The molecule has 3 N–H and O–H groups in total. The van der Waals surface area contributed by atoms with Gasteiger partial charge in [-0.05, 0) is 6.07 Å². The molecule has 18 heavy (non-hydrogen) atoms. The van der Waals surface area contributed by atoms with Crippen LogP contribution in [0.5, 0.6) is 5.75 Å². The summed E-state index contributed by atoms with van der Waals surface area (Å²) < 4.78 is 0. The summed E-state index contributed by atoms with van der Waals surface area (Å²) in [5, 5.41) is 29.1. The first kappa shape index (κ1) is 14.7. The zero-order chi connectivity index (χ0) is 13.7. The molecule has 0 heterocycles. The Kier molecular flexibility index (Phi) is 5.33. The summed E-state index contributed by atoms with van der Waals surface area (Å²) in [5.74, 6) is -0.340. The number of hydrogen-bond acceptors (Lipinski definition) is 6. The number of aromatic hydroxyl groups is 1. The van der Waals surface area contributed by atoms with Crippen molar-refractivity contribution < 1.29 is 24.9 Å². The van der Waals surface area contributed by atoms with Gasteiger partial charge < -0.3 is 15.3 Å². The number of thioether (sulfide) groups is 1. The SMILES string of the molecule is CC(=O)SCC(O)C(O)c1cccc(C=O)c1O. The van der Waals surface area contributed by atoms with Crippen molar-refractivity contribution in [3.8, 4) is 5.75 Å². The van der Waals surface area contributed by atoms with Gasteiger partial charge in [-0.25, -0.2) is 0 Å². The van der Waals surface area contributed by atoms with E-state index in [0.29, 0.717) is 6.29 Å². The lowest BCUT2D eigenvalue weighted by atomic mass is 10.0. The molecule has 0 spiro atoms. The van der Waals surface area contributed by atoms with Gasteiger partial charge in [0.2, 0.25) is 0 Å². The minimum Gasteiger partial charge on any atom is -0.507 e. The number of rotatable bonds is 5. The average molecular weight is 270 g/mol. The van der Waals surface area contributed by atoms with Gasteiger partial charge in [-0.1, -0.05) is 23.9 Å². The summed E-state index contributed by atoms with van der Waals surface area (Å²) in [6.07, 6.45) is -2.09. The highest BCUT2D eigenvalue weighted by Gasteiger charge is 2.22. The number of phenols is 1. The minimum absolute atomic E-state index is 0.0151. The van der Waals surface area contributed by atoms with Crippen molar-refractivity contribution in [3.05, 3.63) is 29.3 Å². The van der Waals surface area contributed by atoms with E-state index in [-0.39, 0.29) is 27.7 Å². The van der Waals surface area contributed by atoms with Gasteiger partial charge in [-0.2, -0.15) is 0 Å². The minimum atomic E-state index is -1.35. The molecule has 0 saturated carbocycles. The Balaban J connectivity index is 2.86. The van der Waals surface area contributed by atoms with Crippen LogP contribution in [0.3, 0.4) is 0 Å². The monoisotopic (exact) mass is 270 g/mol. The Morgan fingerprint density at radius 1 is 1.44 bits per heavy atom. The third-order valence-corrected chi connectivity index (χ3v) is 3.28. The lowest BCUT2D eigenvalue weighted by molar-refractivity contribution is -0.109. The summed E-state index contributed by atoms with van der Waals surface area (Å²) in [7, 11) is 0. The first-order chi connectivity index (χ1) is 8.47. The molecule has 0 amide bonds. The lowest BCUT2D eigenvalue weighted by Gasteiger charge is -2.18. The van der Waals surface area contributed by atoms with Crippen LogP contribution in [0.1, 0.15) is 28.9 Å². The molecule has 0 fully saturated rings. The molecule has 1 aromatic carbocycles. The lowest BCUT2D eigenvalue weighted by Crippen LogP contribution is -2.21. The van der Waals surface area contributed by atoms with E-state index in [1.54, 1.807) is 0 Å². The van der Waals surface area contributed by atoms with Gasteiger partial charge in [0, 0.05) is 18.2 Å². The zero-order valence-corrected chi connectivity index (χ0v) is 10.6. The van der Waals surface area contributed by atoms with Crippen LogP contribution in [0.15, 0.2) is 18.2 Å². The van der Waals surface area contributed by atoms with Crippen LogP contribution in [0.2, 0.25) is 0 Å². The second kappa shape index (κ2) is 6.53. The highest BCUT2D eigenvalue weighted by atomic mass is 32.2. The molecule has 6 heteroatoms. The van der Waals surface area contributed by atoms with Gasteiger partial charge in [0.1, 0.15) is 11.9 Å². The number of hydrogen-bond donors (Lipinski definition) is 3. The Bertz CT molecular complexity index is 446. The number of aliphatic hydroxyl groups excluding tert-OH is 2. The standard InChI is InChI=1S/C12H14O5S/c1-7(14)18-6-10(15)12(17)9-4-2-3-8(5-13)11(9)16/h2-5,10,12,15-17H,6H2,1H3. The normalized spacial score (nSPS) is 13.9. The van der Waals surface area contributed by atoms with Crippen molar-refractivity contribution in [2.45, 2.75) is 19.1 Å². The second-order valence-corrected chi connectivity index (χ2v) is 4.91. The van der Waals surface area contributed by atoms with Crippen molar-refractivity contribution in [2.75, 3.05) is 5.75 Å². The molecule has 0 aromatic heterocycles. The van der Waals surface area contributed by atoms with Gasteiger partial charge in [-0.15, -0.1) is 0 Å². The van der Waals surface area contributed by atoms with Gasteiger partial charge in [0.05, 0.1) is 11.7 Å². The molecule has 0 saturated heterocycles. The number of para-hydroxylation sites is 1. The number of carbonyl (C=O) groups excluding carboxylic acids is 2. The van der Waals surface area contributed by atoms with E-state index in [0.717, 1.165) is 11.8 Å². The van der Waals surface area contributed by atoms with Gasteiger partial charge in [0.15, 0.2) is 11.4 Å². The maximum atomic E-state index is 10.7. The Morgan fingerprint density at radius 2 is 2.11 bits per heavy atom. The topological polar surface area (TPSA) is 94.8 Å². The van der Waals surface area contributed by atoms with Gasteiger partial charge >= 0.3 is 0 Å². The van der Waals surface area contributed by atoms with E-state index in [9.17, 15) is 24.9 Å². The van der Waals surface area contributed by atoms with E-state index in [1.165, 1.54) is 25.1 Å². The van der Waals surface area contributed by atoms with E-state index in [4.69, 9.17) is 0 Å². The molecule has 1 aromatic rings. The smallest absolute Gasteiger partial charge is 0.185 e. The molecule has 5 nitrogen and oxygen atoms in total. The van der Waals surface area contributed by atoms with Crippen LogP contribution in [-0.4, -0.2) is 38.6 Å². The molecule has 2 unspecified atom stereocenters. The largest absolute Gasteiger partial charge is 0.507 e. The van der Waals surface area contributed by atoms with Crippen LogP contribution in [-0.2, 0) is 4.79 Å². The maximum absolute atomic E-state index is 10.7. The van der Waals surface area contributed by atoms with Crippen LogP contribution in [0.25, 0.3) is 0 Å². The maximum Gasteiger partial charge on any atom is 0.185 e. The molecular weight excluding hydrogens is 256 g/mol. The van der Waals surface area contributed by atoms with Crippen LogP contribution in [0.4, 0.5) is 0 Å². The average Bonchev–Trinajstić information content (AvgIpc) is 2.35. The highest BCUT2D eigenvalue weighted by molar-refractivity contribution is 8.13. The van der Waals surface area contributed by atoms with Crippen molar-refractivity contribution >= 4 is 23.2 Å². The van der Waals surface area contributed by atoms with Crippen molar-refractivity contribution in [2.24, 2.45) is 0 Å². The summed E-state index contributed by atoms with van der Waals surface area (Å²) in [5.41, 5.74) is 0.106. The third-order valence-electron chi connectivity index (χ3n) is 2.37. The predicted octanol–water partition coefficient (Wildman–Crippen LogP) is 0.879. The fourth-order valence-electron chi connectivity index (χ4n) is 1.41. The molecule has 0 radical (unpaired) electrons. The number of phenolic OH excluding ortho intramolecular Hbond substituents is 1. The number of benzene rings is 1. The first-order valence-corrected chi connectivity index (χ1v) is 6.22. The predicted molar refractivity (Wildman–Crippen MR) is 67.6 cm³/mol. The fourth-order valence-corrected chi connectivity index (χ4v) is 2.00. The quantitative estimate of drug-likeness (QED) is 0.687. The highest BCUT2D eigenvalue weighted by Crippen LogP contribution is 2.29. The van der Waals surface area contributed by atoms with E-state index in [2.05, 4.69) is 0 Å².